The molecule has 8 nitrogen and oxygen atoms in total. The topological polar surface area (TPSA) is 95.8 Å². The number of piperazine rings is 1. The third kappa shape index (κ3) is 5.40. The Morgan fingerprint density at radius 3 is 2.65 bits per heavy atom. The summed E-state index contributed by atoms with van der Waals surface area (Å²) in [5, 5.41) is 5.80. The smallest absolute Gasteiger partial charge is 0.253 e. The number of aromatic nitrogens is 1. The number of aryl methyl sites for hydroxylation is 1. The summed E-state index contributed by atoms with van der Waals surface area (Å²) >= 11 is 1.49. The summed E-state index contributed by atoms with van der Waals surface area (Å²) < 4.78 is 33.1. The standard InChI is InChI=1S/C21H24N4O4S2/c1-16-12-18(29-23-16)15-24-7-9-25(10-8-24)21(26)17-4-2-6-20(13-17)31(27,28)22-14-19-5-3-11-30-19/h2-6,11-13,22H,7-10,14-15H2,1H3. The minimum Gasteiger partial charge on any atom is -0.360 e. The molecule has 1 saturated heterocycles. The molecule has 1 aliphatic heterocycles. The van der Waals surface area contributed by atoms with Gasteiger partial charge in [0.2, 0.25) is 10.0 Å². The normalized spacial score (nSPS) is 15.3. The lowest BCUT2D eigenvalue weighted by molar-refractivity contribution is 0.0617. The van der Waals surface area contributed by atoms with Crippen LogP contribution in [0.2, 0.25) is 0 Å². The van der Waals surface area contributed by atoms with Crippen molar-refractivity contribution in [2.24, 2.45) is 0 Å². The Morgan fingerprint density at radius 1 is 1.16 bits per heavy atom. The van der Waals surface area contributed by atoms with Crippen molar-refractivity contribution in [3.05, 3.63) is 69.7 Å². The number of nitrogens with zero attached hydrogens (tertiary/aromatic N) is 3. The molecule has 1 amide bonds. The molecule has 0 radical (unpaired) electrons. The largest absolute Gasteiger partial charge is 0.360 e. The number of nitrogens with one attached hydrogen (secondary N) is 1. The Kier molecular flexibility index (Phi) is 6.51. The number of amides is 1. The quantitative estimate of drug-likeness (QED) is 0.582. The molecular weight excluding hydrogens is 436 g/mol. The van der Waals surface area contributed by atoms with E-state index in [9.17, 15) is 13.2 Å². The van der Waals surface area contributed by atoms with E-state index in [1.165, 1.54) is 23.5 Å². The van der Waals surface area contributed by atoms with Gasteiger partial charge in [-0.05, 0) is 36.6 Å². The van der Waals surface area contributed by atoms with E-state index in [1.807, 2.05) is 30.5 Å². The van der Waals surface area contributed by atoms with Crippen LogP contribution in [0.25, 0.3) is 0 Å². The highest BCUT2D eigenvalue weighted by atomic mass is 32.2. The summed E-state index contributed by atoms with van der Waals surface area (Å²) in [5.74, 6) is 0.649. The molecule has 0 aliphatic carbocycles. The average molecular weight is 461 g/mol. The molecule has 10 heteroatoms. The van der Waals surface area contributed by atoms with Crippen LogP contribution in [-0.2, 0) is 23.1 Å². The van der Waals surface area contributed by atoms with Crippen molar-refractivity contribution in [3.63, 3.8) is 0 Å². The minimum atomic E-state index is -3.70. The molecule has 3 aromatic rings. The van der Waals surface area contributed by atoms with Gasteiger partial charge in [0, 0.05) is 49.2 Å². The number of hydrogen-bond acceptors (Lipinski definition) is 7. The first kappa shape index (κ1) is 21.7. The summed E-state index contributed by atoms with van der Waals surface area (Å²) in [5.41, 5.74) is 1.22. The van der Waals surface area contributed by atoms with Gasteiger partial charge >= 0.3 is 0 Å². The minimum absolute atomic E-state index is 0.0919. The van der Waals surface area contributed by atoms with Crippen molar-refractivity contribution in [1.82, 2.24) is 19.7 Å². The van der Waals surface area contributed by atoms with Crippen LogP contribution in [0, 0.1) is 6.92 Å². The molecule has 2 aromatic heterocycles. The molecule has 1 aromatic carbocycles. The average Bonchev–Trinajstić information content (AvgIpc) is 3.44. The molecule has 0 unspecified atom stereocenters. The number of sulfonamides is 1. The molecule has 0 saturated carbocycles. The first-order valence-electron chi connectivity index (χ1n) is 9.97. The Balaban J connectivity index is 1.37. The summed E-state index contributed by atoms with van der Waals surface area (Å²) in [7, 11) is -3.70. The Hall–Kier alpha value is -2.53. The fourth-order valence-electron chi connectivity index (χ4n) is 3.46. The summed E-state index contributed by atoms with van der Waals surface area (Å²) in [6, 6.07) is 11.9. The van der Waals surface area contributed by atoms with E-state index in [0.717, 1.165) is 16.3 Å². The fourth-order valence-corrected chi connectivity index (χ4v) is 5.25. The zero-order chi connectivity index (χ0) is 21.8. The van der Waals surface area contributed by atoms with Gasteiger partial charge in [0.15, 0.2) is 5.76 Å². The van der Waals surface area contributed by atoms with Gasteiger partial charge in [-0.2, -0.15) is 0 Å². The van der Waals surface area contributed by atoms with Gasteiger partial charge < -0.3 is 9.42 Å². The summed E-state index contributed by atoms with van der Waals surface area (Å²) in [4.78, 5) is 17.9. The van der Waals surface area contributed by atoms with Crippen LogP contribution < -0.4 is 4.72 Å². The van der Waals surface area contributed by atoms with Crippen LogP contribution in [0.5, 0.6) is 0 Å². The molecule has 1 fully saturated rings. The molecule has 31 heavy (non-hydrogen) atoms. The van der Waals surface area contributed by atoms with E-state index < -0.39 is 10.0 Å². The highest BCUT2D eigenvalue weighted by molar-refractivity contribution is 7.89. The van der Waals surface area contributed by atoms with Crippen molar-refractivity contribution in [2.45, 2.75) is 24.9 Å². The first-order chi connectivity index (χ1) is 14.9. The van der Waals surface area contributed by atoms with Gasteiger partial charge in [0.05, 0.1) is 17.1 Å². The molecule has 0 atom stereocenters. The second-order valence-electron chi connectivity index (χ2n) is 7.43. The Bertz CT molecular complexity index is 1130. The van der Waals surface area contributed by atoms with Gasteiger partial charge in [-0.3, -0.25) is 9.69 Å². The molecule has 164 valence electrons. The Morgan fingerprint density at radius 2 is 1.97 bits per heavy atom. The van der Waals surface area contributed by atoms with Crippen LogP contribution in [-0.4, -0.2) is 55.5 Å². The SMILES string of the molecule is Cc1cc(CN2CCN(C(=O)c3cccc(S(=O)(=O)NCc4cccs4)c3)CC2)on1. The predicted molar refractivity (Wildman–Crippen MR) is 117 cm³/mol. The predicted octanol–water partition coefficient (Wildman–Crippen LogP) is 2.48. The van der Waals surface area contributed by atoms with E-state index in [2.05, 4.69) is 14.8 Å². The number of carbonyl (C=O) groups excluding carboxylic acids is 1. The third-order valence-corrected chi connectivity index (χ3v) is 7.40. The van der Waals surface area contributed by atoms with E-state index in [1.54, 1.807) is 17.0 Å². The molecule has 1 aliphatic rings. The zero-order valence-electron chi connectivity index (χ0n) is 17.2. The van der Waals surface area contributed by atoms with Gasteiger partial charge in [0.1, 0.15) is 0 Å². The maximum absolute atomic E-state index is 13.0. The molecule has 0 spiro atoms. The van der Waals surface area contributed by atoms with Gasteiger partial charge in [-0.15, -0.1) is 11.3 Å². The maximum Gasteiger partial charge on any atom is 0.253 e. The third-order valence-electron chi connectivity index (χ3n) is 5.12. The fraction of sp³-hybridized carbons (Fsp3) is 0.333. The van der Waals surface area contributed by atoms with Crippen LogP contribution in [0.3, 0.4) is 0 Å². The van der Waals surface area contributed by atoms with E-state index >= 15 is 0 Å². The second kappa shape index (κ2) is 9.31. The van der Waals surface area contributed by atoms with Crippen LogP contribution in [0.1, 0.15) is 26.7 Å². The van der Waals surface area contributed by atoms with Gasteiger partial charge in [0.25, 0.3) is 5.91 Å². The van der Waals surface area contributed by atoms with Crippen molar-refractivity contribution < 1.29 is 17.7 Å². The van der Waals surface area contributed by atoms with Crippen molar-refractivity contribution in [2.75, 3.05) is 26.2 Å². The van der Waals surface area contributed by atoms with Crippen LogP contribution in [0.4, 0.5) is 0 Å². The molecular formula is C21H24N4O4S2. The zero-order valence-corrected chi connectivity index (χ0v) is 18.8. The number of benzene rings is 1. The van der Waals surface area contributed by atoms with Gasteiger partial charge in [-0.25, -0.2) is 13.1 Å². The van der Waals surface area contributed by atoms with Crippen LogP contribution >= 0.6 is 11.3 Å². The molecule has 4 rings (SSSR count). The lowest BCUT2D eigenvalue weighted by atomic mass is 10.2. The van der Waals surface area contributed by atoms with Gasteiger partial charge in [-0.1, -0.05) is 17.3 Å². The first-order valence-corrected chi connectivity index (χ1v) is 12.3. The van der Waals surface area contributed by atoms with Crippen molar-refractivity contribution in [3.8, 4) is 0 Å². The highest BCUT2D eigenvalue weighted by Gasteiger charge is 2.24. The molecule has 3 heterocycles. The number of rotatable bonds is 7. The summed E-state index contributed by atoms with van der Waals surface area (Å²) in [6.45, 7) is 5.34. The second-order valence-corrected chi connectivity index (χ2v) is 10.2. The molecule has 1 N–H and O–H groups in total. The van der Waals surface area contributed by atoms with E-state index in [4.69, 9.17) is 4.52 Å². The van der Waals surface area contributed by atoms with E-state index in [-0.39, 0.29) is 17.3 Å². The Labute approximate surface area is 185 Å². The van der Waals surface area contributed by atoms with E-state index in [0.29, 0.717) is 38.3 Å². The van der Waals surface area contributed by atoms with Crippen LogP contribution in [0.15, 0.2) is 57.3 Å². The number of thiophene rings is 1. The lowest BCUT2D eigenvalue weighted by Gasteiger charge is -2.34. The summed E-state index contributed by atoms with van der Waals surface area (Å²) in [6.07, 6.45) is 0. The monoisotopic (exact) mass is 460 g/mol. The van der Waals surface area contributed by atoms with Crippen molar-refractivity contribution >= 4 is 27.3 Å². The number of carbonyl (C=O) groups is 1. The lowest BCUT2D eigenvalue weighted by Crippen LogP contribution is -2.48. The van der Waals surface area contributed by atoms with Crippen molar-refractivity contribution in [1.29, 1.82) is 0 Å². The number of hydrogen-bond donors (Lipinski definition) is 1. The highest BCUT2D eigenvalue weighted by Crippen LogP contribution is 2.17. The molecule has 0 bridgehead atoms. The maximum atomic E-state index is 13.0.